The SMILES string of the molecule is O=C(N1CCN(c2ccc(Cl)cc2)CC1)C(F)(F)C(F)F. The van der Waals surface area contributed by atoms with Crippen molar-refractivity contribution in [2.45, 2.75) is 12.3 Å². The largest absolute Gasteiger partial charge is 0.383 e. The molecule has 1 aromatic rings. The molecule has 1 aliphatic rings. The molecule has 0 aliphatic carbocycles. The Labute approximate surface area is 124 Å². The van der Waals surface area contributed by atoms with Crippen molar-refractivity contribution < 1.29 is 22.4 Å². The van der Waals surface area contributed by atoms with Crippen LogP contribution in [0.4, 0.5) is 23.2 Å². The number of carbonyl (C=O) groups excluding carboxylic acids is 1. The highest BCUT2D eigenvalue weighted by Gasteiger charge is 2.51. The quantitative estimate of drug-likeness (QED) is 0.798. The Hall–Kier alpha value is -1.50. The minimum atomic E-state index is -4.62. The van der Waals surface area contributed by atoms with E-state index in [0.29, 0.717) is 18.1 Å². The summed E-state index contributed by atoms with van der Waals surface area (Å²) < 4.78 is 50.4. The maximum Gasteiger partial charge on any atom is 0.383 e. The number of carbonyl (C=O) groups is 1. The second-order valence-corrected chi connectivity index (χ2v) is 5.12. The van der Waals surface area contributed by atoms with Crippen molar-refractivity contribution in [1.82, 2.24) is 4.90 Å². The molecule has 1 heterocycles. The van der Waals surface area contributed by atoms with E-state index in [2.05, 4.69) is 0 Å². The van der Waals surface area contributed by atoms with Gasteiger partial charge in [0.05, 0.1) is 0 Å². The number of rotatable bonds is 3. The molecule has 0 aromatic heterocycles. The third-order valence-electron chi connectivity index (χ3n) is 3.32. The first-order chi connectivity index (χ1) is 9.82. The van der Waals surface area contributed by atoms with Crippen molar-refractivity contribution in [3.05, 3.63) is 29.3 Å². The van der Waals surface area contributed by atoms with Gasteiger partial charge in [-0.3, -0.25) is 4.79 Å². The van der Waals surface area contributed by atoms with E-state index < -0.39 is 18.3 Å². The monoisotopic (exact) mass is 324 g/mol. The molecule has 0 atom stereocenters. The molecule has 1 saturated heterocycles. The molecule has 116 valence electrons. The number of nitrogens with zero attached hydrogens (tertiary/aromatic N) is 2. The highest BCUT2D eigenvalue weighted by molar-refractivity contribution is 6.30. The number of anilines is 1. The van der Waals surface area contributed by atoms with Gasteiger partial charge in [0.15, 0.2) is 0 Å². The third-order valence-corrected chi connectivity index (χ3v) is 3.57. The fourth-order valence-electron chi connectivity index (χ4n) is 2.12. The Morgan fingerprint density at radius 2 is 1.62 bits per heavy atom. The summed E-state index contributed by atoms with van der Waals surface area (Å²) >= 11 is 5.77. The first kappa shape index (κ1) is 15.9. The smallest absolute Gasteiger partial charge is 0.368 e. The van der Waals surface area contributed by atoms with Crippen LogP contribution in [0.15, 0.2) is 24.3 Å². The van der Waals surface area contributed by atoms with Gasteiger partial charge in [0.25, 0.3) is 5.91 Å². The van der Waals surface area contributed by atoms with Gasteiger partial charge in [0.1, 0.15) is 0 Å². The van der Waals surface area contributed by atoms with E-state index >= 15 is 0 Å². The fraction of sp³-hybridized carbons (Fsp3) is 0.462. The van der Waals surface area contributed by atoms with Crippen LogP contribution in [0.5, 0.6) is 0 Å². The average molecular weight is 325 g/mol. The molecule has 0 N–H and O–H groups in total. The molecule has 0 radical (unpaired) electrons. The molecule has 0 spiro atoms. The normalized spacial score (nSPS) is 16.5. The zero-order valence-electron chi connectivity index (χ0n) is 10.9. The first-order valence-corrected chi connectivity index (χ1v) is 6.66. The first-order valence-electron chi connectivity index (χ1n) is 6.28. The number of amides is 1. The van der Waals surface area contributed by atoms with E-state index in [1.165, 1.54) is 0 Å². The lowest BCUT2D eigenvalue weighted by Crippen LogP contribution is -2.55. The van der Waals surface area contributed by atoms with Crippen LogP contribution in [0, 0.1) is 0 Å². The Morgan fingerprint density at radius 1 is 1.10 bits per heavy atom. The van der Waals surface area contributed by atoms with Gasteiger partial charge < -0.3 is 9.80 Å². The predicted octanol–water partition coefficient (Wildman–Crippen LogP) is 2.89. The van der Waals surface area contributed by atoms with Crippen molar-refractivity contribution in [1.29, 1.82) is 0 Å². The summed E-state index contributed by atoms with van der Waals surface area (Å²) in [6.07, 6.45) is -3.99. The summed E-state index contributed by atoms with van der Waals surface area (Å²) in [5, 5.41) is 0.573. The molecule has 21 heavy (non-hydrogen) atoms. The molecule has 1 aromatic carbocycles. The Morgan fingerprint density at radius 3 is 2.10 bits per heavy atom. The maximum absolute atomic E-state index is 13.0. The average Bonchev–Trinajstić information content (AvgIpc) is 2.47. The number of piperazine rings is 1. The van der Waals surface area contributed by atoms with Crippen LogP contribution >= 0.6 is 11.6 Å². The van der Waals surface area contributed by atoms with Gasteiger partial charge in [0, 0.05) is 36.9 Å². The van der Waals surface area contributed by atoms with E-state index in [0.717, 1.165) is 10.6 Å². The number of benzene rings is 1. The molecule has 1 amide bonds. The minimum Gasteiger partial charge on any atom is -0.368 e. The van der Waals surface area contributed by atoms with Crippen molar-refractivity contribution in [2.24, 2.45) is 0 Å². The van der Waals surface area contributed by atoms with Crippen LogP contribution < -0.4 is 4.90 Å². The van der Waals surface area contributed by atoms with Gasteiger partial charge in [-0.25, -0.2) is 8.78 Å². The molecule has 1 aliphatic heterocycles. The van der Waals surface area contributed by atoms with Crippen molar-refractivity contribution in [3.63, 3.8) is 0 Å². The van der Waals surface area contributed by atoms with Crippen LogP contribution in [-0.4, -0.2) is 49.3 Å². The number of hydrogen-bond donors (Lipinski definition) is 0. The maximum atomic E-state index is 13.0. The van der Waals surface area contributed by atoms with Crippen molar-refractivity contribution >= 4 is 23.2 Å². The van der Waals surface area contributed by atoms with Crippen LogP contribution in [0.2, 0.25) is 5.02 Å². The molecule has 1 fully saturated rings. The van der Waals surface area contributed by atoms with Crippen LogP contribution in [0.1, 0.15) is 0 Å². The van der Waals surface area contributed by atoms with Gasteiger partial charge in [-0.2, -0.15) is 8.78 Å². The van der Waals surface area contributed by atoms with Crippen LogP contribution in [0.25, 0.3) is 0 Å². The second-order valence-electron chi connectivity index (χ2n) is 4.68. The molecular weight excluding hydrogens is 312 g/mol. The van der Waals surface area contributed by atoms with Gasteiger partial charge in [0.2, 0.25) is 0 Å². The fourth-order valence-corrected chi connectivity index (χ4v) is 2.25. The van der Waals surface area contributed by atoms with Crippen molar-refractivity contribution in [2.75, 3.05) is 31.1 Å². The highest BCUT2D eigenvalue weighted by atomic mass is 35.5. The molecule has 3 nitrogen and oxygen atoms in total. The summed E-state index contributed by atoms with van der Waals surface area (Å²) in [6.45, 7) is 0.549. The van der Waals surface area contributed by atoms with Crippen LogP contribution in [-0.2, 0) is 4.79 Å². The Kier molecular flexibility index (Phi) is 4.61. The third kappa shape index (κ3) is 3.40. The molecular formula is C13H13ClF4N2O. The lowest BCUT2D eigenvalue weighted by atomic mass is 10.2. The van der Waals surface area contributed by atoms with E-state index in [9.17, 15) is 22.4 Å². The molecule has 0 bridgehead atoms. The Balaban J connectivity index is 1.97. The van der Waals surface area contributed by atoms with Gasteiger partial charge in [-0.1, -0.05) is 11.6 Å². The van der Waals surface area contributed by atoms with Gasteiger partial charge >= 0.3 is 12.3 Å². The highest BCUT2D eigenvalue weighted by Crippen LogP contribution is 2.27. The number of hydrogen-bond acceptors (Lipinski definition) is 2. The summed E-state index contributed by atoms with van der Waals surface area (Å²) in [5.74, 6) is -6.43. The molecule has 0 saturated carbocycles. The predicted molar refractivity (Wildman–Crippen MR) is 71.2 cm³/mol. The summed E-state index contributed by atoms with van der Waals surface area (Å²) in [7, 11) is 0. The standard InChI is InChI=1S/C13H13ClF4N2O/c14-9-1-3-10(4-2-9)19-5-7-20(8-6-19)12(21)13(17,18)11(15)16/h1-4,11H,5-8H2. The Bertz CT molecular complexity index is 501. The zero-order chi connectivity index (χ0) is 15.6. The van der Waals surface area contributed by atoms with Gasteiger partial charge in [-0.15, -0.1) is 0 Å². The molecule has 0 unspecified atom stereocenters. The molecule has 2 rings (SSSR count). The lowest BCUT2D eigenvalue weighted by Gasteiger charge is -2.37. The summed E-state index contributed by atoms with van der Waals surface area (Å²) in [4.78, 5) is 14.1. The number of halogens is 5. The zero-order valence-corrected chi connectivity index (χ0v) is 11.7. The minimum absolute atomic E-state index is 0.0240. The van der Waals surface area contributed by atoms with Gasteiger partial charge in [-0.05, 0) is 24.3 Å². The lowest BCUT2D eigenvalue weighted by molar-refractivity contribution is -0.180. The van der Waals surface area contributed by atoms with E-state index in [1.54, 1.807) is 24.3 Å². The van der Waals surface area contributed by atoms with E-state index in [4.69, 9.17) is 11.6 Å². The topological polar surface area (TPSA) is 23.6 Å². The van der Waals surface area contributed by atoms with Crippen molar-refractivity contribution in [3.8, 4) is 0 Å². The van der Waals surface area contributed by atoms with E-state index in [1.807, 2.05) is 4.90 Å². The molecule has 8 heteroatoms. The summed E-state index contributed by atoms with van der Waals surface area (Å²) in [5.41, 5.74) is 0.840. The second kappa shape index (κ2) is 6.09. The summed E-state index contributed by atoms with van der Waals surface area (Å²) in [6, 6.07) is 6.93. The number of alkyl halides is 4. The van der Waals surface area contributed by atoms with E-state index in [-0.39, 0.29) is 13.1 Å². The van der Waals surface area contributed by atoms with Crippen LogP contribution in [0.3, 0.4) is 0 Å².